The van der Waals surface area contributed by atoms with E-state index in [9.17, 15) is 9.18 Å². The standard InChI is InChI=1S/C18H25FN2O/c1-14(22)21-10-4-2-3-8-17-18(21)9-11-20(17)13-15-6-5-7-16(19)12-15/h5-7,12,17-18H,2-4,8-11,13H2,1H3/t17-,18+/m1/s1. The van der Waals surface area contributed by atoms with Gasteiger partial charge in [0.1, 0.15) is 5.82 Å². The van der Waals surface area contributed by atoms with Crippen molar-refractivity contribution in [2.45, 2.75) is 57.7 Å². The minimum atomic E-state index is -0.170. The Morgan fingerprint density at radius 3 is 2.82 bits per heavy atom. The predicted molar refractivity (Wildman–Crippen MR) is 84.9 cm³/mol. The molecule has 120 valence electrons. The first kappa shape index (κ1) is 15.5. The van der Waals surface area contributed by atoms with Gasteiger partial charge in [-0.1, -0.05) is 25.0 Å². The van der Waals surface area contributed by atoms with Crippen molar-refractivity contribution in [2.24, 2.45) is 0 Å². The summed E-state index contributed by atoms with van der Waals surface area (Å²) >= 11 is 0. The van der Waals surface area contributed by atoms with Crippen LogP contribution in [0.2, 0.25) is 0 Å². The van der Waals surface area contributed by atoms with Gasteiger partial charge < -0.3 is 4.90 Å². The number of hydrogen-bond donors (Lipinski definition) is 0. The van der Waals surface area contributed by atoms with Crippen LogP contribution in [0.5, 0.6) is 0 Å². The number of carbonyl (C=O) groups is 1. The first-order valence-corrected chi connectivity index (χ1v) is 8.41. The van der Waals surface area contributed by atoms with Gasteiger partial charge >= 0.3 is 0 Å². The molecule has 0 saturated carbocycles. The fraction of sp³-hybridized carbons (Fsp3) is 0.611. The molecule has 2 saturated heterocycles. The van der Waals surface area contributed by atoms with Gasteiger partial charge in [-0.2, -0.15) is 0 Å². The maximum absolute atomic E-state index is 13.4. The Balaban J connectivity index is 1.75. The van der Waals surface area contributed by atoms with E-state index < -0.39 is 0 Å². The lowest BCUT2D eigenvalue weighted by molar-refractivity contribution is -0.132. The topological polar surface area (TPSA) is 23.6 Å². The smallest absolute Gasteiger partial charge is 0.219 e. The Bertz CT molecular complexity index is 534. The van der Waals surface area contributed by atoms with E-state index in [4.69, 9.17) is 0 Å². The molecule has 0 aliphatic carbocycles. The highest BCUT2D eigenvalue weighted by molar-refractivity contribution is 5.73. The number of fused-ring (bicyclic) bond motifs is 1. The van der Waals surface area contributed by atoms with Crippen molar-refractivity contribution in [3.8, 4) is 0 Å². The van der Waals surface area contributed by atoms with Crippen LogP contribution in [0.3, 0.4) is 0 Å². The molecule has 2 aliphatic rings. The predicted octanol–water partition coefficient (Wildman–Crippen LogP) is 3.19. The molecule has 0 radical (unpaired) electrons. The summed E-state index contributed by atoms with van der Waals surface area (Å²) in [5, 5.41) is 0. The second-order valence-corrected chi connectivity index (χ2v) is 6.59. The molecule has 0 bridgehead atoms. The monoisotopic (exact) mass is 304 g/mol. The van der Waals surface area contributed by atoms with Crippen molar-refractivity contribution in [2.75, 3.05) is 13.1 Å². The summed E-state index contributed by atoms with van der Waals surface area (Å²) in [5.74, 6) is 0.0285. The Morgan fingerprint density at radius 1 is 1.18 bits per heavy atom. The van der Waals surface area contributed by atoms with Crippen molar-refractivity contribution in [1.29, 1.82) is 0 Å². The number of benzene rings is 1. The van der Waals surface area contributed by atoms with E-state index in [1.54, 1.807) is 19.1 Å². The van der Waals surface area contributed by atoms with Crippen molar-refractivity contribution in [3.05, 3.63) is 35.6 Å². The molecular weight excluding hydrogens is 279 g/mol. The highest BCUT2D eigenvalue weighted by Crippen LogP contribution is 2.30. The van der Waals surface area contributed by atoms with E-state index in [-0.39, 0.29) is 11.7 Å². The van der Waals surface area contributed by atoms with E-state index in [0.29, 0.717) is 12.1 Å². The lowest BCUT2D eigenvalue weighted by Gasteiger charge is -2.37. The summed E-state index contributed by atoms with van der Waals surface area (Å²) in [6.45, 7) is 4.36. The van der Waals surface area contributed by atoms with E-state index >= 15 is 0 Å². The van der Waals surface area contributed by atoms with Crippen LogP contribution in [0, 0.1) is 5.82 Å². The molecule has 22 heavy (non-hydrogen) atoms. The number of halogens is 1. The highest BCUT2D eigenvalue weighted by Gasteiger charge is 2.38. The molecule has 2 aliphatic heterocycles. The fourth-order valence-corrected chi connectivity index (χ4v) is 4.07. The summed E-state index contributed by atoms with van der Waals surface area (Å²) in [5.41, 5.74) is 1.03. The summed E-state index contributed by atoms with van der Waals surface area (Å²) in [6.07, 6.45) is 5.73. The Hall–Kier alpha value is -1.42. The number of likely N-dealkylation sites (tertiary alicyclic amines) is 2. The summed E-state index contributed by atoms with van der Waals surface area (Å²) in [7, 11) is 0. The van der Waals surface area contributed by atoms with Crippen LogP contribution in [0.1, 0.15) is 44.6 Å². The number of hydrogen-bond acceptors (Lipinski definition) is 2. The average molecular weight is 304 g/mol. The van der Waals surface area contributed by atoms with Gasteiger partial charge in [0, 0.05) is 38.6 Å². The molecule has 0 aromatic heterocycles. The number of amides is 1. The quantitative estimate of drug-likeness (QED) is 0.838. The molecule has 2 fully saturated rings. The SMILES string of the molecule is CC(=O)N1CCCCC[C@@H]2[C@@H]1CCN2Cc1cccc(F)c1. The average Bonchev–Trinajstić information content (AvgIpc) is 2.80. The van der Waals surface area contributed by atoms with Gasteiger partial charge in [0.15, 0.2) is 0 Å². The van der Waals surface area contributed by atoms with Crippen LogP contribution in [-0.2, 0) is 11.3 Å². The molecule has 4 heteroatoms. The molecule has 1 aromatic carbocycles. The minimum Gasteiger partial charge on any atom is -0.338 e. The van der Waals surface area contributed by atoms with Gasteiger partial charge in [-0.25, -0.2) is 4.39 Å². The van der Waals surface area contributed by atoms with Crippen molar-refractivity contribution >= 4 is 5.91 Å². The normalized spacial score (nSPS) is 26.4. The molecule has 0 N–H and O–H groups in total. The summed E-state index contributed by atoms with van der Waals surface area (Å²) in [4.78, 5) is 16.5. The molecule has 1 amide bonds. The third-order valence-electron chi connectivity index (χ3n) is 5.10. The van der Waals surface area contributed by atoms with Crippen molar-refractivity contribution < 1.29 is 9.18 Å². The lowest BCUT2D eigenvalue weighted by Crippen LogP contribution is -2.48. The van der Waals surface area contributed by atoms with E-state index in [0.717, 1.165) is 44.5 Å². The summed E-state index contributed by atoms with van der Waals surface area (Å²) in [6, 6.07) is 7.64. The van der Waals surface area contributed by atoms with Crippen LogP contribution in [0.25, 0.3) is 0 Å². The number of carbonyl (C=O) groups excluding carboxylic acids is 1. The molecule has 3 rings (SSSR count). The third-order valence-corrected chi connectivity index (χ3v) is 5.10. The van der Waals surface area contributed by atoms with E-state index in [1.807, 2.05) is 6.07 Å². The number of nitrogens with zero attached hydrogens (tertiary/aromatic N) is 2. The maximum Gasteiger partial charge on any atom is 0.219 e. The van der Waals surface area contributed by atoms with Gasteiger partial charge in [0.2, 0.25) is 5.91 Å². The highest BCUT2D eigenvalue weighted by atomic mass is 19.1. The van der Waals surface area contributed by atoms with Crippen LogP contribution in [-0.4, -0.2) is 40.9 Å². The molecule has 1 aromatic rings. The Morgan fingerprint density at radius 2 is 2.05 bits per heavy atom. The lowest BCUT2D eigenvalue weighted by atomic mass is 9.97. The van der Waals surface area contributed by atoms with Crippen molar-refractivity contribution in [1.82, 2.24) is 9.80 Å². The van der Waals surface area contributed by atoms with Gasteiger partial charge in [-0.15, -0.1) is 0 Å². The first-order valence-electron chi connectivity index (χ1n) is 8.41. The van der Waals surface area contributed by atoms with Gasteiger partial charge in [-0.3, -0.25) is 9.69 Å². The molecule has 2 heterocycles. The van der Waals surface area contributed by atoms with Crippen molar-refractivity contribution in [3.63, 3.8) is 0 Å². The molecule has 2 atom stereocenters. The summed E-state index contributed by atoms with van der Waals surface area (Å²) < 4.78 is 13.4. The second kappa shape index (κ2) is 6.78. The molecule has 0 spiro atoms. The van der Waals surface area contributed by atoms with Gasteiger partial charge in [0.05, 0.1) is 0 Å². The zero-order valence-electron chi connectivity index (χ0n) is 13.3. The minimum absolute atomic E-state index is 0.170. The molecular formula is C18H25FN2O. The second-order valence-electron chi connectivity index (χ2n) is 6.59. The van der Waals surface area contributed by atoms with Crippen LogP contribution in [0.4, 0.5) is 4.39 Å². The first-order chi connectivity index (χ1) is 10.6. The van der Waals surface area contributed by atoms with E-state index in [2.05, 4.69) is 9.80 Å². The number of rotatable bonds is 2. The zero-order chi connectivity index (χ0) is 15.5. The molecule has 3 nitrogen and oxygen atoms in total. The fourth-order valence-electron chi connectivity index (χ4n) is 4.07. The Kier molecular flexibility index (Phi) is 4.77. The Labute approximate surface area is 132 Å². The maximum atomic E-state index is 13.4. The molecule has 0 unspecified atom stereocenters. The third kappa shape index (κ3) is 3.32. The zero-order valence-corrected chi connectivity index (χ0v) is 13.3. The van der Waals surface area contributed by atoms with Gasteiger partial charge in [0.25, 0.3) is 0 Å². The largest absolute Gasteiger partial charge is 0.338 e. The van der Waals surface area contributed by atoms with Crippen LogP contribution < -0.4 is 0 Å². The van der Waals surface area contributed by atoms with Gasteiger partial charge in [-0.05, 0) is 37.0 Å². The van der Waals surface area contributed by atoms with Crippen LogP contribution >= 0.6 is 0 Å². The van der Waals surface area contributed by atoms with E-state index in [1.165, 1.54) is 18.9 Å². The van der Waals surface area contributed by atoms with Crippen LogP contribution in [0.15, 0.2) is 24.3 Å².